The Morgan fingerprint density at radius 3 is 2.50 bits per heavy atom. The first-order valence-electron chi connectivity index (χ1n) is 8.41. The monoisotopic (exact) mass is 283 g/mol. The summed E-state index contributed by atoms with van der Waals surface area (Å²) in [5.74, 6) is 1.22. The molecule has 2 nitrogen and oxygen atoms in total. The lowest BCUT2D eigenvalue weighted by Crippen LogP contribution is -2.13. The molecule has 0 saturated heterocycles. The van der Waals surface area contributed by atoms with E-state index in [9.17, 15) is 0 Å². The summed E-state index contributed by atoms with van der Waals surface area (Å²) in [5, 5.41) is 3.37. The lowest BCUT2D eigenvalue weighted by molar-refractivity contribution is 0.270. The van der Waals surface area contributed by atoms with Crippen molar-refractivity contribution in [3.05, 3.63) is 23.0 Å². The Labute approximate surface area is 128 Å². The summed E-state index contributed by atoms with van der Waals surface area (Å²) < 4.78 is 5.49. The Hall–Kier alpha value is -0.760. The molecule has 0 saturated carbocycles. The lowest BCUT2D eigenvalue weighted by atomic mass is 9.95. The van der Waals surface area contributed by atoms with Crippen molar-refractivity contribution in [2.24, 2.45) is 0 Å². The number of allylic oxidation sites excluding steroid dienone is 4. The molecule has 0 aromatic carbocycles. The van der Waals surface area contributed by atoms with Gasteiger partial charge in [0, 0.05) is 7.85 Å². The molecule has 1 aliphatic rings. The summed E-state index contributed by atoms with van der Waals surface area (Å²) >= 11 is 0. The van der Waals surface area contributed by atoms with E-state index in [0.29, 0.717) is 0 Å². The van der Waals surface area contributed by atoms with E-state index in [4.69, 9.17) is 4.74 Å². The number of unbranched alkanes of at least 4 members (excludes halogenated alkanes) is 3. The Balaban J connectivity index is 0. The van der Waals surface area contributed by atoms with Crippen LogP contribution in [0.2, 0.25) is 0 Å². The molecule has 0 aliphatic heterocycles. The second-order valence-corrected chi connectivity index (χ2v) is 5.16. The molecular weight excluding hydrogens is 246 g/mol. The SMILES string of the molecule is CC.CCNCCCCCCC1=C(OC)CCC(C)=C1.[HH]. The first kappa shape index (κ1) is 19.2. The number of hydrogen-bond acceptors (Lipinski definition) is 2. The summed E-state index contributed by atoms with van der Waals surface area (Å²) in [7, 11) is 1.81. The maximum atomic E-state index is 5.49. The molecule has 0 radical (unpaired) electrons. The molecule has 0 spiro atoms. The third-order valence-electron chi connectivity index (χ3n) is 3.57. The van der Waals surface area contributed by atoms with Crippen LogP contribution in [-0.2, 0) is 4.74 Å². The van der Waals surface area contributed by atoms with E-state index in [0.717, 1.165) is 19.4 Å². The molecule has 0 amide bonds. The van der Waals surface area contributed by atoms with Gasteiger partial charge in [-0.1, -0.05) is 45.3 Å². The maximum Gasteiger partial charge on any atom is 0.0990 e. The van der Waals surface area contributed by atoms with Crippen molar-refractivity contribution < 1.29 is 6.16 Å². The molecule has 0 bridgehead atoms. The first-order valence-corrected chi connectivity index (χ1v) is 8.41. The second-order valence-electron chi connectivity index (χ2n) is 5.16. The smallest absolute Gasteiger partial charge is 0.0990 e. The zero-order valence-corrected chi connectivity index (χ0v) is 14.3. The summed E-state index contributed by atoms with van der Waals surface area (Å²) in [5.41, 5.74) is 2.94. The standard InChI is InChI=1S/C16H29NO.C2H6.H2/c1-4-17-12-8-6-5-7-9-15-13-14(2)10-11-16(15)18-3;1-2;/h13,17H,4-12H2,1-3H3;1-2H3;1H. The molecule has 1 rings (SSSR count). The molecule has 0 unspecified atom stereocenters. The molecular formula is C18H37NO. The van der Waals surface area contributed by atoms with Crippen molar-refractivity contribution in [3.63, 3.8) is 0 Å². The average molecular weight is 283 g/mol. The average Bonchev–Trinajstić information content (AvgIpc) is 2.48. The highest BCUT2D eigenvalue weighted by atomic mass is 16.5. The predicted molar refractivity (Wildman–Crippen MR) is 92.1 cm³/mol. The number of methoxy groups -OCH3 is 1. The van der Waals surface area contributed by atoms with Gasteiger partial charge in [-0.05, 0) is 51.3 Å². The van der Waals surface area contributed by atoms with Gasteiger partial charge in [-0.15, -0.1) is 0 Å². The van der Waals surface area contributed by atoms with Crippen molar-refractivity contribution in [2.45, 2.75) is 72.6 Å². The quantitative estimate of drug-likeness (QED) is 0.567. The Morgan fingerprint density at radius 2 is 1.85 bits per heavy atom. The molecule has 0 heterocycles. The molecule has 0 fully saturated rings. The van der Waals surface area contributed by atoms with E-state index in [1.165, 1.54) is 55.6 Å². The van der Waals surface area contributed by atoms with Crippen molar-refractivity contribution in [1.29, 1.82) is 0 Å². The van der Waals surface area contributed by atoms with Crippen LogP contribution in [0.1, 0.15) is 74.1 Å². The van der Waals surface area contributed by atoms with Gasteiger partial charge in [0.05, 0.1) is 12.9 Å². The van der Waals surface area contributed by atoms with Gasteiger partial charge in [0.15, 0.2) is 0 Å². The third kappa shape index (κ3) is 8.42. The van der Waals surface area contributed by atoms with E-state index in [1.54, 1.807) is 7.11 Å². The van der Waals surface area contributed by atoms with Gasteiger partial charge in [0.1, 0.15) is 0 Å². The molecule has 1 aliphatic carbocycles. The predicted octanol–water partition coefficient (Wildman–Crippen LogP) is 5.46. The summed E-state index contributed by atoms with van der Waals surface area (Å²) in [6.45, 7) is 10.6. The summed E-state index contributed by atoms with van der Waals surface area (Å²) in [6.07, 6.45) is 11.0. The van der Waals surface area contributed by atoms with Crippen LogP contribution >= 0.6 is 0 Å². The minimum Gasteiger partial charge on any atom is -0.501 e. The van der Waals surface area contributed by atoms with Crippen molar-refractivity contribution >= 4 is 0 Å². The minimum absolute atomic E-state index is 0. The summed E-state index contributed by atoms with van der Waals surface area (Å²) in [6, 6.07) is 0. The van der Waals surface area contributed by atoms with Gasteiger partial charge in [-0.2, -0.15) is 0 Å². The van der Waals surface area contributed by atoms with Crippen molar-refractivity contribution in [1.82, 2.24) is 5.32 Å². The second kappa shape index (κ2) is 13.2. The Bertz CT molecular complexity index is 298. The maximum absolute atomic E-state index is 5.49. The summed E-state index contributed by atoms with van der Waals surface area (Å²) in [4.78, 5) is 0. The molecule has 20 heavy (non-hydrogen) atoms. The topological polar surface area (TPSA) is 21.3 Å². The molecule has 120 valence electrons. The van der Waals surface area contributed by atoms with Crippen LogP contribution in [0, 0.1) is 0 Å². The van der Waals surface area contributed by atoms with Crippen LogP contribution in [0.15, 0.2) is 23.0 Å². The highest BCUT2D eigenvalue weighted by Gasteiger charge is 2.11. The highest BCUT2D eigenvalue weighted by Crippen LogP contribution is 2.27. The largest absolute Gasteiger partial charge is 0.501 e. The van der Waals surface area contributed by atoms with Crippen LogP contribution in [0.4, 0.5) is 0 Å². The van der Waals surface area contributed by atoms with Crippen LogP contribution in [0.25, 0.3) is 0 Å². The normalized spacial score (nSPS) is 14.6. The molecule has 2 heteroatoms. The van der Waals surface area contributed by atoms with Crippen LogP contribution in [0.3, 0.4) is 0 Å². The van der Waals surface area contributed by atoms with Crippen molar-refractivity contribution in [2.75, 3.05) is 20.2 Å². The van der Waals surface area contributed by atoms with Gasteiger partial charge in [0.2, 0.25) is 0 Å². The number of rotatable bonds is 9. The van der Waals surface area contributed by atoms with Gasteiger partial charge >= 0.3 is 0 Å². The van der Waals surface area contributed by atoms with Crippen LogP contribution in [0.5, 0.6) is 0 Å². The third-order valence-corrected chi connectivity index (χ3v) is 3.57. The zero-order chi connectivity index (χ0) is 15.2. The van der Waals surface area contributed by atoms with Gasteiger partial charge in [-0.3, -0.25) is 0 Å². The Kier molecular flexibility index (Phi) is 12.7. The molecule has 0 atom stereocenters. The van der Waals surface area contributed by atoms with E-state index in [1.807, 2.05) is 13.8 Å². The Morgan fingerprint density at radius 1 is 1.15 bits per heavy atom. The fourth-order valence-corrected chi connectivity index (χ4v) is 2.46. The number of nitrogens with one attached hydrogen (secondary N) is 1. The first-order chi connectivity index (χ1) is 9.77. The van der Waals surface area contributed by atoms with Crippen LogP contribution in [-0.4, -0.2) is 20.2 Å². The van der Waals surface area contributed by atoms with Gasteiger partial charge in [-0.25, -0.2) is 0 Å². The molecule has 0 aromatic rings. The molecule has 1 N–H and O–H groups in total. The fourth-order valence-electron chi connectivity index (χ4n) is 2.46. The highest BCUT2D eigenvalue weighted by molar-refractivity contribution is 5.30. The van der Waals surface area contributed by atoms with E-state index < -0.39 is 0 Å². The van der Waals surface area contributed by atoms with Gasteiger partial charge in [0.25, 0.3) is 0 Å². The van der Waals surface area contributed by atoms with Gasteiger partial charge < -0.3 is 10.1 Å². The zero-order valence-electron chi connectivity index (χ0n) is 14.3. The van der Waals surface area contributed by atoms with E-state index >= 15 is 0 Å². The fraction of sp³-hybridized carbons (Fsp3) is 0.778. The lowest BCUT2D eigenvalue weighted by Gasteiger charge is -2.17. The van der Waals surface area contributed by atoms with E-state index in [-0.39, 0.29) is 1.43 Å². The van der Waals surface area contributed by atoms with E-state index in [2.05, 4.69) is 25.2 Å². The minimum atomic E-state index is 0. The molecule has 0 aromatic heterocycles. The number of hydrogen-bond donors (Lipinski definition) is 1. The number of ether oxygens (including phenoxy) is 1. The van der Waals surface area contributed by atoms with Crippen LogP contribution < -0.4 is 5.32 Å². The van der Waals surface area contributed by atoms with Crippen molar-refractivity contribution in [3.8, 4) is 0 Å².